The van der Waals surface area contributed by atoms with Crippen LogP contribution in [0.15, 0.2) is 0 Å². The molecule has 0 saturated heterocycles. The molecule has 0 saturated carbocycles. The fourth-order valence-electron chi connectivity index (χ4n) is 0. The first-order valence-corrected chi connectivity index (χ1v) is 1.88. The molecule has 0 radical (unpaired) electrons. The Bertz CT molecular complexity index is 76.1. The Morgan fingerprint density at radius 2 is 1.29 bits per heavy atom. The zero-order valence-electron chi connectivity index (χ0n) is 3.12. The fraction of sp³-hybridized carbons (Fsp3) is 0. The molecule has 0 bridgehead atoms. The molecule has 0 aromatic rings. The Kier molecular flexibility index (Phi) is 12.2. The first-order valence-electron chi connectivity index (χ1n) is 1.06. The van der Waals surface area contributed by atoms with Crippen molar-refractivity contribution in [3.63, 3.8) is 0 Å². The van der Waals surface area contributed by atoms with Gasteiger partial charge in [-0.05, 0) is 0 Å². The maximum absolute atomic E-state index is 8.56. The van der Waals surface area contributed by atoms with E-state index < -0.39 is 17.7 Å². The molecule has 0 spiro atoms. The van der Waals surface area contributed by atoms with Crippen molar-refractivity contribution in [1.29, 1.82) is 0 Å². The number of hydrogen-bond donors (Lipinski definition) is 2. The lowest BCUT2D eigenvalue weighted by Gasteiger charge is -1.60. The van der Waals surface area contributed by atoms with Gasteiger partial charge in [0.2, 0.25) is 0 Å². The summed E-state index contributed by atoms with van der Waals surface area (Å²) in [5.41, 5.74) is 0. The second kappa shape index (κ2) is 8.97. The van der Waals surface area contributed by atoms with Gasteiger partial charge in [-0.15, -0.1) is 0 Å². The average molecular weight is 128 g/mol. The van der Waals surface area contributed by atoms with E-state index in [9.17, 15) is 0 Å². The van der Waals surface area contributed by atoms with Crippen molar-refractivity contribution >= 4 is 17.7 Å². The van der Waals surface area contributed by atoms with Gasteiger partial charge in [-0.1, -0.05) is 0 Å². The maximum Gasteiger partial charge on any atom is 0.503 e. The van der Waals surface area contributed by atoms with E-state index in [2.05, 4.69) is 0 Å². The van der Waals surface area contributed by atoms with Gasteiger partial charge in [0.25, 0.3) is 0 Å². The standard InChI is InChI=1S/CH2O3.H2O2S/c2-1(3)4;1-3-2/h(H2,2,3,4);3H2. The molecular formula is CH4O5S. The summed E-state index contributed by atoms with van der Waals surface area (Å²) < 4.78 is 16.8. The van der Waals surface area contributed by atoms with Crippen LogP contribution in [0.3, 0.4) is 0 Å². The molecule has 0 atom stereocenters. The second-order valence-corrected chi connectivity index (χ2v) is 0.533. The molecule has 0 fully saturated rings. The summed E-state index contributed by atoms with van der Waals surface area (Å²) in [6, 6.07) is 0. The van der Waals surface area contributed by atoms with Gasteiger partial charge < -0.3 is 10.2 Å². The Morgan fingerprint density at radius 1 is 1.29 bits per heavy atom. The summed E-state index contributed by atoms with van der Waals surface area (Å²) >= 11 is -1.42. The molecule has 0 aromatic carbocycles. The van der Waals surface area contributed by atoms with Crippen LogP contribution in [0.1, 0.15) is 0 Å². The Balaban J connectivity index is 0. The van der Waals surface area contributed by atoms with Crippen LogP contribution in [0.4, 0.5) is 4.79 Å². The summed E-state index contributed by atoms with van der Waals surface area (Å²) in [5, 5.41) is 13.9. The number of carbonyl (C=O) groups is 1. The first kappa shape index (κ1) is 9.52. The minimum absolute atomic E-state index is 1.42. The normalized spacial score (nSPS) is 5.71. The lowest BCUT2D eigenvalue weighted by Crippen LogP contribution is -1.81. The van der Waals surface area contributed by atoms with Crippen LogP contribution in [-0.4, -0.2) is 24.8 Å². The molecule has 6 heteroatoms. The minimum atomic E-state index is -1.83. The minimum Gasteiger partial charge on any atom is -0.450 e. The van der Waals surface area contributed by atoms with Crippen molar-refractivity contribution in [2.45, 2.75) is 0 Å². The van der Waals surface area contributed by atoms with Crippen LogP contribution in [0, 0.1) is 0 Å². The molecule has 0 amide bonds. The summed E-state index contributed by atoms with van der Waals surface area (Å²) in [6.07, 6.45) is -1.83. The van der Waals surface area contributed by atoms with E-state index in [0.29, 0.717) is 0 Å². The van der Waals surface area contributed by atoms with Crippen molar-refractivity contribution in [2.75, 3.05) is 0 Å². The average Bonchev–Trinajstić information content (AvgIpc) is 1.33. The Labute approximate surface area is 42.2 Å². The highest BCUT2D eigenvalue weighted by molar-refractivity contribution is 7.51. The molecule has 44 valence electrons. The van der Waals surface area contributed by atoms with Crippen LogP contribution >= 0.6 is 0 Å². The van der Waals surface area contributed by atoms with E-state index in [1.54, 1.807) is 0 Å². The van der Waals surface area contributed by atoms with Crippen LogP contribution in [0.2, 0.25) is 0 Å². The van der Waals surface area contributed by atoms with E-state index >= 15 is 0 Å². The highest BCUT2D eigenvalue weighted by atomic mass is 32.1. The zero-order chi connectivity index (χ0) is 6.28. The second-order valence-electron chi connectivity index (χ2n) is 0.366. The van der Waals surface area contributed by atoms with Gasteiger partial charge in [-0.25, -0.2) is 13.2 Å². The molecular weight excluding hydrogens is 124 g/mol. The molecule has 5 nitrogen and oxygen atoms in total. The molecule has 0 unspecified atom stereocenters. The zero-order valence-corrected chi connectivity index (χ0v) is 4.12. The molecule has 0 aliphatic rings. The summed E-state index contributed by atoms with van der Waals surface area (Å²) in [5.74, 6) is 0. The Hall–Kier alpha value is -0.780. The van der Waals surface area contributed by atoms with Crippen molar-refractivity contribution in [2.24, 2.45) is 0 Å². The number of carboxylic acid groups (broad SMARTS) is 2. The first-order chi connectivity index (χ1) is 3.15. The largest absolute Gasteiger partial charge is 0.503 e. The van der Waals surface area contributed by atoms with Gasteiger partial charge in [-0.2, -0.15) is 0 Å². The molecule has 0 rings (SSSR count). The van der Waals surface area contributed by atoms with E-state index in [1.807, 2.05) is 0 Å². The van der Waals surface area contributed by atoms with Gasteiger partial charge in [0.15, 0.2) is 0 Å². The molecule has 0 aliphatic carbocycles. The molecule has 7 heavy (non-hydrogen) atoms. The lowest BCUT2D eigenvalue weighted by atomic mass is 11.5. The predicted octanol–water partition coefficient (Wildman–Crippen LogP) is -0.983. The molecule has 0 heterocycles. The third-order valence-corrected chi connectivity index (χ3v) is 0. The van der Waals surface area contributed by atoms with Gasteiger partial charge in [0.1, 0.15) is 11.6 Å². The topological polar surface area (TPSA) is 91.7 Å². The molecule has 0 aliphatic heterocycles. The molecule has 2 N–H and O–H groups in total. The van der Waals surface area contributed by atoms with E-state index in [1.165, 1.54) is 0 Å². The lowest BCUT2D eigenvalue weighted by molar-refractivity contribution is 0.137. The number of rotatable bonds is 0. The third kappa shape index (κ3) is 89.0. The smallest absolute Gasteiger partial charge is 0.450 e. The maximum atomic E-state index is 8.56. The van der Waals surface area contributed by atoms with E-state index in [0.717, 1.165) is 0 Å². The van der Waals surface area contributed by atoms with Crippen molar-refractivity contribution in [3.05, 3.63) is 0 Å². The molecule has 0 aromatic heterocycles. The summed E-state index contributed by atoms with van der Waals surface area (Å²) in [4.78, 5) is 8.56. The highest BCUT2D eigenvalue weighted by Gasteiger charge is 1.70. The van der Waals surface area contributed by atoms with Crippen LogP contribution in [0.25, 0.3) is 0 Å². The van der Waals surface area contributed by atoms with Gasteiger partial charge in [0, 0.05) is 0 Å². The van der Waals surface area contributed by atoms with E-state index in [-0.39, 0.29) is 0 Å². The van der Waals surface area contributed by atoms with Gasteiger partial charge in [0.05, 0.1) is 0 Å². The SMILES string of the molecule is O=C(O)O.O=[SH2]=O. The van der Waals surface area contributed by atoms with Crippen molar-refractivity contribution < 1.29 is 23.4 Å². The van der Waals surface area contributed by atoms with Crippen molar-refractivity contribution in [3.8, 4) is 0 Å². The number of hydrogen-bond acceptors (Lipinski definition) is 3. The quantitative estimate of drug-likeness (QED) is 0.437. The summed E-state index contributed by atoms with van der Waals surface area (Å²) in [6.45, 7) is 0. The van der Waals surface area contributed by atoms with Gasteiger partial charge >= 0.3 is 6.16 Å². The Morgan fingerprint density at radius 3 is 1.29 bits per heavy atom. The highest BCUT2D eigenvalue weighted by Crippen LogP contribution is 1.42. The van der Waals surface area contributed by atoms with Crippen molar-refractivity contribution in [1.82, 2.24) is 0 Å². The van der Waals surface area contributed by atoms with Gasteiger partial charge in [-0.3, -0.25) is 0 Å². The monoisotopic (exact) mass is 128 g/mol. The van der Waals surface area contributed by atoms with Crippen LogP contribution in [-0.2, 0) is 11.6 Å². The van der Waals surface area contributed by atoms with Crippen LogP contribution in [0.5, 0.6) is 0 Å². The third-order valence-electron chi connectivity index (χ3n) is 0. The fourth-order valence-corrected chi connectivity index (χ4v) is 0. The van der Waals surface area contributed by atoms with E-state index in [4.69, 9.17) is 23.4 Å². The summed E-state index contributed by atoms with van der Waals surface area (Å²) in [7, 11) is 0. The van der Waals surface area contributed by atoms with Crippen LogP contribution < -0.4 is 0 Å². The predicted molar refractivity (Wildman–Crippen MR) is 22.4 cm³/mol.